The van der Waals surface area contributed by atoms with Gasteiger partial charge in [0.2, 0.25) is 5.91 Å². The fourth-order valence-electron chi connectivity index (χ4n) is 2.71. The summed E-state index contributed by atoms with van der Waals surface area (Å²) in [4.78, 5) is 36.2. The van der Waals surface area contributed by atoms with Crippen LogP contribution in [0.4, 0.5) is 13.9 Å². The molecule has 0 saturated carbocycles. The molecule has 0 spiro atoms. The first kappa shape index (κ1) is 20.1. The summed E-state index contributed by atoms with van der Waals surface area (Å²) in [6, 6.07) is 8.35. The van der Waals surface area contributed by atoms with E-state index in [0.717, 1.165) is 15.4 Å². The van der Waals surface area contributed by atoms with E-state index < -0.39 is 18.2 Å². The van der Waals surface area contributed by atoms with Crippen LogP contribution in [0.1, 0.15) is 34.4 Å². The van der Waals surface area contributed by atoms with E-state index in [4.69, 9.17) is 0 Å². The minimum Gasteiger partial charge on any atom is -0.351 e. The van der Waals surface area contributed by atoms with Gasteiger partial charge in [0.25, 0.3) is 12.3 Å². The van der Waals surface area contributed by atoms with Crippen molar-refractivity contribution in [3.05, 3.63) is 52.0 Å². The number of hydrogen-bond donors (Lipinski definition) is 3. The Hall–Kier alpha value is -3.18. The van der Waals surface area contributed by atoms with Crippen LogP contribution in [0, 0.1) is 0 Å². The van der Waals surface area contributed by atoms with Gasteiger partial charge in [-0.15, -0.1) is 22.7 Å². The third-order valence-corrected chi connectivity index (χ3v) is 5.98. The second-order valence-corrected chi connectivity index (χ2v) is 8.35. The van der Waals surface area contributed by atoms with E-state index in [1.807, 2.05) is 17.5 Å². The molecule has 4 rings (SSSR count). The highest BCUT2D eigenvalue weighted by molar-refractivity contribution is 7.17. The Kier molecular flexibility index (Phi) is 5.55. The molecule has 30 heavy (non-hydrogen) atoms. The van der Waals surface area contributed by atoms with Gasteiger partial charge in [-0.1, -0.05) is 0 Å². The third kappa shape index (κ3) is 4.36. The largest absolute Gasteiger partial charge is 0.351 e. The van der Waals surface area contributed by atoms with E-state index >= 15 is 0 Å². The van der Waals surface area contributed by atoms with E-state index in [1.165, 1.54) is 47.8 Å². The number of anilines is 1. The Bertz CT molecular complexity index is 1230. The van der Waals surface area contributed by atoms with Gasteiger partial charge in [0.15, 0.2) is 11.0 Å². The maximum absolute atomic E-state index is 12.8. The molecule has 3 N–H and O–H groups in total. The van der Waals surface area contributed by atoms with Crippen molar-refractivity contribution in [3.63, 3.8) is 0 Å². The number of thiazole rings is 1. The number of H-pyrrole nitrogens is 1. The van der Waals surface area contributed by atoms with Gasteiger partial charge in [0.05, 0.1) is 28.1 Å². The summed E-state index contributed by atoms with van der Waals surface area (Å²) >= 11 is 2.79. The van der Waals surface area contributed by atoms with Crippen molar-refractivity contribution >= 4 is 50.7 Å². The average molecular weight is 447 g/mol. The molecule has 2 amide bonds. The molecule has 4 aromatic rings. The van der Waals surface area contributed by atoms with E-state index in [2.05, 4.69) is 25.6 Å². The Morgan fingerprint density at radius 1 is 1.20 bits per heavy atom. The number of rotatable bonds is 6. The number of nitrogens with one attached hydrogen (secondary N) is 3. The summed E-state index contributed by atoms with van der Waals surface area (Å²) in [5, 5.41) is 7.72. The number of aromatic amines is 1. The first-order chi connectivity index (χ1) is 14.4. The van der Waals surface area contributed by atoms with Crippen LogP contribution in [-0.4, -0.2) is 26.8 Å². The number of carbonyl (C=O) groups is 2. The Balaban J connectivity index is 1.46. The SMILES string of the molecule is CC(=O)NCc1ccc(-c2csc(NC(=O)c3ccc4nc(C(F)F)[nH]c4c3)n2)s1. The topological polar surface area (TPSA) is 99.8 Å². The van der Waals surface area contributed by atoms with Crippen molar-refractivity contribution in [2.75, 3.05) is 5.32 Å². The van der Waals surface area contributed by atoms with E-state index in [9.17, 15) is 18.4 Å². The lowest BCUT2D eigenvalue weighted by Gasteiger charge is -2.01. The predicted octanol–water partition coefficient (Wildman–Crippen LogP) is 4.57. The molecule has 0 radical (unpaired) electrons. The van der Waals surface area contributed by atoms with Crippen molar-refractivity contribution in [3.8, 4) is 10.6 Å². The number of fused-ring (bicyclic) bond motifs is 1. The van der Waals surface area contributed by atoms with E-state index in [0.29, 0.717) is 28.3 Å². The van der Waals surface area contributed by atoms with Gasteiger partial charge >= 0.3 is 0 Å². The van der Waals surface area contributed by atoms with Crippen LogP contribution in [0.2, 0.25) is 0 Å². The monoisotopic (exact) mass is 447 g/mol. The normalized spacial score (nSPS) is 11.2. The lowest BCUT2D eigenvalue weighted by molar-refractivity contribution is -0.119. The highest BCUT2D eigenvalue weighted by atomic mass is 32.1. The quantitative estimate of drug-likeness (QED) is 0.403. The van der Waals surface area contributed by atoms with Gasteiger partial charge in [-0.05, 0) is 30.3 Å². The van der Waals surface area contributed by atoms with Crippen molar-refractivity contribution < 1.29 is 18.4 Å². The summed E-state index contributed by atoms with van der Waals surface area (Å²) in [5.74, 6) is -0.924. The maximum Gasteiger partial charge on any atom is 0.295 e. The Labute approximate surface area is 177 Å². The molecular formula is C19H15F2N5O2S2. The van der Waals surface area contributed by atoms with E-state index in [1.54, 1.807) is 0 Å². The van der Waals surface area contributed by atoms with Crippen molar-refractivity contribution in [1.82, 2.24) is 20.3 Å². The second kappa shape index (κ2) is 8.28. The van der Waals surface area contributed by atoms with Crippen LogP contribution in [0.25, 0.3) is 21.6 Å². The summed E-state index contributed by atoms with van der Waals surface area (Å²) < 4.78 is 25.6. The van der Waals surface area contributed by atoms with Gasteiger partial charge in [0, 0.05) is 22.7 Å². The van der Waals surface area contributed by atoms with Gasteiger partial charge in [0.1, 0.15) is 0 Å². The molecule has 154 valence electrons. The third-order valence-electron chi connectivity index (χ3n) is 4.12. The number of carbonyl (C=O) groups excluding carboxylic acids is 2. The number of amides is 2. The Morgan fingerprint density at radius 2 is 2.03 bits per heavy atom. The minimum absolute atomic E-state index is 0.0950. The molecule has 0 aliphatic heterocycles. The molecule has 0 saturated heterocycles. The lowest BCUT2D eigenvalue weighted by Crippen LogP contribution is -2.17. The number of imidazole rings is 1. The van der Waals surface area contributed by atoms with Gasteiger partial charge in [-0.25, -0.2) is 18.7 Å². The van der Waals surface area contributed by atoms with Gasteiger partial charge in [-0.2, -0.15) is 0 Å². The lowest BCUT2D eigenvalue weighted by atomic mass is 10.2. The molecule has 0 bridgehead atoms. The molecular weight excluding hydrogens is 432 g/mol. The van der Waals surface area contributed by atoms with Crippen LogP contribution in [0.5, 0.6) is 0 Å². The van der Waals surface area contributed by atoms with Crippen LogP contribution in [-0.2, 0) is 11.3 Å². The zero-order valence-corrected chi connectivity index (χ0v) is 17.2. The molecule has 0 atom stereocenters. The van der Waals surface area contributed by atoms with Crippen LogP contribution >= 0.6 is 22.7 Å². The van der Waals surface area contributed by atoms with E-state index in [-0.39, 0.29) is 5.91 Å². The standard InChI is InChI=1S/C19H15F2N5O2S2/c1-9(27)22-7-11-3-5-15(30-11)14-8-29-19(25-14)26-18(28)10-2-4-12-13(6-10)24-17(23-12)16(20)21/h2-6,8,16H,7H2,1H3,(H,22,27)(H,23,24)(H,25,26,28). The summed E-state index contributed by atoms with van der Waals surface area (Å²) in [6.45, 7) is 1.92. The maximum atomic E-state index is 12.8. The molecule has 7 nitrogen and oxygen atoms in total. The molecule has 3 heterocycles. The first-order valence-electron chi connectivity index (χ1n) is 8.77. The van der Waals surface area contributed by atoms with Crippen LogP contribution in [0.3, 0.4) is 0 Å². The van der Waals surface area contributed by atoms with Crippen LogP contribution < -0.4 is 10.6 Å². The molecule has 0 aliphatic carbocycles. The molecule has 0 fully saturated rings. The number of nitrogens with zero attached hydrogens (tertiary/aromatic N) is 2. The van der Waals surface area contributed by atoms with Gasteiger partial charge < -0.3 is 10.3 Å². The van der Waals surface area contributed by atoms with Crippen molar-refractivity contribution in [1.29, 1.82) is 0 Å². The zero-order chi connectivity index (χ0) is 21.3. The van der Waals surface area contributed by atoms with Gasteiger partial charge in [-0.3, -0.25) is 14.9 Å². The number of hydrogen-bond acceptors (Lipinski definition) is 6. The van der Waals surface area contributed by atoms with Crippen molar-refractivity contribution in [2.45, 2.75) is 19.9 Å². The molecule has 0 unspecified atom stereocenters. The number of thiophene rings is 1. The highest BCUT2D eigenvalue weighted by Crippen LogP contribution is 2.31. The fraction of sp³-hybridized carbons (Fsp3) is 0.158. The molecule has 3 aromatic heterocycles. The average Bonchev–Trinajstić information content (AvgIpc) is 3.44. The fourth-order valence-corrected chi connectivity index (χ4v) is 4.40. The summed E-state index contributed by atoms with van der Waals surface area (Å²) in [7, 11) is 0. The van der Waals surface area contributed by atoms with Crippen LogP contribution in [0.15, 0.2) is 35.7 Å². The number of benzene rings is 1. The summed E-state index contributed by atoms with van der Waals surface area (Å²) in [6.07, 6.45) is -2.71. The first-order valence-corrected chi connectivity index (χ1v) is 10.5. The number of halogens is 2. The highest BCUT2D eigenvalue weighted by Gasteiger charge is 2.15. The Morgan fingerprint density at radius 3 is 2.80 bits per heavy atom. The van der Waals surface area contributed by atoms with Crippen molar-refractivity contribution in [2.24, 2.45) is 0 Å². The zero-order valence-electron chi connectivity index (χ0n) is 15.5. The smallest absolute Gasteiger partial charge is 0.295 e. The second-order valence-electron chi connectivity index (χ2n) is 6.32. The predicted molar refractivity (Wildman–Crippen MR) is 112 cm³/mol. The molecule has 0 aliphatic rings. The number of alkyl halides is 2. The minimum atomic E-state index is -2.71. The molecule has 11 heteroatoms. The molecule has 1 aromatic carbocycles. The summed E-state index contributed by atoms with van der Waals surface area (Å²) in [5.41, 5.74) is 1.76. The number of aromatic nitrogens is 3.